The highest BCUT2D eigenvalue weighted by Crippen LogP contribution is 2.29. The van der Waals surface area contributed by atoms with Crippen LogP contribution < -0.4 is 10.1 Å². The third-order valence-electron chi connectivity index (χ3n) is 3.55. The molecule has 0 aliphatic heterocycles. The van der Waals surface area contributed by atoms with Gasteiger partial charge in [0.15, 0.2) is 0 Å². The second kappa shape index (κ2) is 6.06. The topological polar surface area (TPSA) is 34.1 Å². The first-order valence-corrected chi connectivity index (χ1v) is 7.48. The third-order valence-corrected chi connectivity index (χ3v) is 3.55. The van der Waals surface area contributed by atoms with Crippen molar-refractivity contribution in [2.75, 3.05) is 12.4 Å². The fourth-order valence-corrected chi connectivity index (χ4v) is 2.52. The van der Waals surface area contributed by atoms with Gasteiger partial charge in [-0.1, -0.05) is 18.2 Å². The molecule has 0 atom stereocenters. The first-order valence-electron chi connectivity index (χ1n) is 7.48. The molecule has 1 aromatic heterocycles. The summed E-state index contributed by atoms with van der Waals surface area (Å²) in [5, 5.41) is 4.66. The number of pyridine rings is 1. The molecular weight excluding hydrogens is 272 g/mol. The molecule has 0 saturated heterocycles. The highest BCUT2D eigenvalue weighted by Gasteiger charge is 2.08. The Bertz CT molecular complexity index is 779. The summed E-state index contributed by atoms with van der Waals surface area (Å²) in [6.45, 7) is 4.28. The van der Waals surface area contributed by atoms with Gasteiger partial charge in [-0.3, -0.25) is 0 Å². The van der Waals surface area contributed by atoms with Crippen molar-refractivity contribution < 1.29 is 4.74 Å². The van der Waals surface area contributed by atoms with E-state index < -0.39 is 0 Å². The van der Waals surface area contributed by atoms with E-state index in [-0.39, 0.29) is 0 Å². The summed E-state index contributed by atoms with van der Waals surface area (Å²) < 4.78 is 5.22. The molecule has 0 unspecified atom stereocenters. The third kappa shape index (κ3) is 2.89. The van der Waals surface area contributed by atoms with Crippen molar-refractivity contribution in [3.05, 3.63) is 54.6 Å². The molecule has 3 nitrogen and oxygen atoms in total. The van der Waals surface area contributed by atoms with Crippen molar-refractivity contribution in [2.24, 2.45) is 0 Å². The normalized spacial score (nSPS) is 10.9. The molecule has 0 spiro atoms. The summed E-state index contributed by atoms with van der Waals surface area (Å²) in [4.78, 5) is 4.79. The SMILES string of the molecule is COc1ccc(-c2cc(NC(C)C)c3ccccc3n2)cc1. The van der Waals surface area contributed by atoms with Gasteiger partial charge in [0.2, 0.25) is 0 Å². The van der Waals surface area contributed by atoms with Gasteiger partial charge in [-0.25, -0.2) is 4.98 Å². The average Bonchev–Trinajstić information content (AvgIpc) is 2.54. The molecule has 0 saturated carbocycles. The Hall–Kier alpha value is -2.55. The molecule has 112 valence electrons. The molecule has 0 radical (unpaired) electrons. The Labute approximate surface area is 131 Å². The van der Waals surface area contributed by atoms with Crippen molar-refractivity contribution in [3.8, 4) is 17.0 Å². The van der Waals surface area contributed by atoms with Crippen LogP contribution in [0.3, 0.4) is 0 Å². The maximum Gasteiger partial charge on any atom is 0.118 e. The number of methoxy groups -OCH3 is 1. The number of nitrogens with zero attached hydrogens (tertiary/aromatic N) is 1. The summed E-state index contributed by atoms with van der Waals surface area (Å²) in [6.07, 6.45) is 0. The van der Waals surface area contributed by atoms with Crippen LogP contribution >= 0.6 is 0 Å². The minimum absolute atomic E-state index is 0.370. The Morgan fingerprint density at radius 1 is 1.00 bits per heavy atom. The number of aromatic nitrogens is 1. The van der Waals surface area contributed by atoms with Crippen molar-refractivity contribution in [3.63, 3.8) is 0 Å². The fraction of sp³-hybridized carbons (Fsp3) is 0.211. The second-order valence-corrected chi connectivity index (χ2v) is 5.60. The van der Waals surface area contributed by atoms with Gasteiger partial charge in [0, 0.05) is 22.7 Å². The first kappa shape index (κ1) is 14.4. The molecule has 0 amide bonds. The lowest BCUT2D eigenvalue weighted by Crippen LogP contribution is -2.10. The zero-order chi connectivity index (χ0) is 15.5. The highest BCUT2D eigenvalue weighted by molar-refractivity contribution is 5.93. The summed E-state index contributed by atoms with van der Waals surface area (Å²) >= 11 is 0. The van der Waals surface area contributed by atoms with E-state index in [0.29, 0.717) is 6.04 Å². The van der Waals surface area contributed by atoms with Crippen LogP contribution in [0.4, 0.5) is 5.69 Å². The minimum Gasteiger partial charge on any atom is -0.497 e. The average molecular weight is 292 g/mol. The quantitative estimate of drug-likeness (QED) is 0.754. The molecule has 0 bridgehead atoms. The summed E-state index contributed by atoms with van der Waals surface area (Å²) in [5.74, 6) is 0.852. The van der Waals surface area contributed by atoms with Gasteiger partial charge in [0.1, 0.15) is 5.75 Å². The van der Waals surface area contributed by atoms with Gasteiger partial charge >= 0.3 is 0 Å². The van der Waals surface area contributed by atoms with Crippen LogP contribution in [0.5, 0.6) is 5.75 Å². The molecule has 3 aromatic rings. The van der Waals surface area contributed by atoms with Gasteiger partial charge in [-0.15, -0.1) is 0 Å². The smallest absolute Gasteiger partial charge is 0.118 e. The van der Waals surface area contributed by atoms with Crippen LogP contribution in [0.1, 0.15) is 13.8 Å². The van der Waals surface area contributed by atoms with Crippen molar-refractivity contribution in [1.82, 2.24) is 4.98 Å². The first-order chi connectivity index (χ1) is 10.7. The lowest BCUT2D eigenvalue weighted by atomic mass is 10.1. The van der Waals surface area contributed by atoms with Gasteiger partial charge < -0.3 is 10.1 Å². The molecular formula is C19H20N2O. The number of ether oxygens (including phenoxy) is 1. The zero-order valence-corrected chi connectivity index (χ0v) is 13.1. The molecule has 1 N–H and O–H groups in total. The summed E-state index contributed by atoms with van der Waals surface area (Å²) in [7, 11) is 1.67. The van der Waals surface area contributed by atoms with E-state index in [0.717, 1.165) is 33.6 Å². The number of benzene rings is 2. The Morgan fingerprint density at radius 2 is 1.73 bits per heavy atom. The maximum atomic E-state index is 5.22. The molecule has 3 rings (SSSR count). The minimum atomic E-state index is 0.370. The van der Waals surface area contributed by atoms with Gasteiger partial charge in [0.25, 0.3) is 0 Å². The molecule has 0 aliphatic carbocycles. The predicted molar refractivity (Wildman–Crippen MR) is 92.5 cm³/mol. The Morgan fingerprint density at radius 3 is 2.41 bits per heavy atom. The molecule has 1 heterocycles. The van der Waals surface area contributed by atoms with Crippen LogP contribution in [-0.2, 0) is 0 Å². The number of hydrogen-bond acceptors (Lipinski definition) is 3. The van der Waals surface area contributed by atoms with Gasteiger partial charge in [-0.2, -0.15) is 0 Å². The van der Waals surface area contributed by atoms with E-state index in [9.17, 15) is 0 Å². The molecule has 3 heteroatoms. The predicted octanol–water partition coefficient (Wildman–Crippen LogP) is 4.73. The van der Waals surface area contributed by atoms with Crippen molar-refractivity contribution in [2.45, 2.75) is 19.9 Å². The number of fused-ring (bicyclic) bond motifs is 1. The van der Waals surface area contributed by atoms with Crippen LogP contribution in [0.2, 0.25) is 0 Å². The van der Waals surface area contributed by atoms with Crippen LogP contribution in [0.15, 0.2) is 54.6 Å². The monoisotopic (exact) mass is 292 g/mol. The zero-order valence-electron chi connectivity index (χ0n) is 13.1. The molecule has 0 fully saturated rings. The number of para-hydroxylation sites is 1. The lowest BCUT2D eigenvalue weighted by Gasteiger charge is -2.14. The van der Waals surface area contributed by atoms with E-state index in [1.54, 1.807) is 7.11 Å². The van der Waals surface area contributed by atoms with Crippen LogP contribution in [0.25, 0.3) is 22.2 Å². The number of anilines is 1. The van der Waals surface area contributed by atoms with Crippen molar-refractivity contribution >= 4 is 16.6 Å². The van der Waals surface area contributed by atoms with E-state index in [1.165, 1.54) is 0 Å². The Kier molecular flexibility index (Phi) is 3.96. The largest absolute Gasteiger partial charge is 0.497 e. The van der Waals surface area contributed by atoms with Crippen molar-refractivity contribution in [1.29, 1.82) is 0 Å². The molecule has 2 aromatic carbocycles. The highest BCUT2D eigenvalue weighted by atomic mass is 16.5. The number of nitrogens with one attached hydrogen (secondary N) is 1. The van der Waals surface area contributed by atoms with Gasteiger partial charge in [0.05, 0.1) is 18.3 Å². The van der Waals surface area contributed by atoms with E-state index in [4.69, 9.17) is 9.72 Å². The summed E-state index contributed by atoms with van der Waals surface area (Å²) in [5.41, 5.74) is 4.16. The fourth-order valence-electron chi connectivity index (χ4n) is 2.52. The van der Waals surface area contributed by atoms with Gasteiger partial charge in [-0.05, 0) is 50.2 Å². The summed E-state index contributed by atoms with van der Waals surface area (Å²) in [6, 6.07) is 18.7. The van der Waals surface area contributed by atoms with E-state index in [1.807, 2.05) is 42.5 Å². The van der Waals surface area contributed by atoms with Crippen LogP contribution in [0, 0.1) is 0 Å². The molecule has 22 heavy (non-hydrogen) atoms. The van der Waals surface area contributed by atoms with Crippen LogP contribution in [-0.4, -0.2) is 18.1 Å². The number of hydrogen-bond donors (Lipinski definition) is 1. The van der Waals surface area contributed by atoms with E-state index >= 15 is 0 Å². The maximum absolute atomic E-state index is 5.22. The standard InChI is InChI=1S/C19H20N2O/c1-13(2)20-19-12-18(14-8-10-15(22-3)11-9-14)21-17-7-5-4-6-16(17)19/h4-13H,1-3H3,(H,20,21). The second-order valence-electron chi connectivity index (χ2n) is 5.60. The lowest BCUT2D eigenvalue weighted by molar-refractivity contribution is 0.415. The molecule has 0 aliphatic rings. The Balaban J connectivity index is 2.12. The number of rotatable bonds is 4. The van der Waals surface area contributed by atoms with E-state index in [2.05, 4.69) is 31.3 Å².